The van der Waals surface area contributed by atoms with E-state index in [1.54, 1.807) is 34.2 Å². The molecular weight excluding hydrogens is 462 g/mol. The van der Waals surface area contributed by atoms with Gasteiger partial charge in [0.05, 0.1) is 23.8 Å². The molecule has 170 valence electrons. The van der Waals surface area contributed by atoms with Crippen molar-refractivity contribution >= 4 is 44.8 Å². The van der Waals surface area contributed by atoms with Crippen LogP contribution in [0.4, 0.5) is 0 Å². The molecule has 0 aromatic carbocycles. The highest BCUT2D eigenvalue weighted by atomic mass is 32.1. The number of aliphatic carboxylic acids is 1. The van der Waals surface area contributed by atoms with Gasteiger partial charge in [-0.25, -0.2) is 4.98 Å². The van der Waals surface area contributed by atoms with E-state index >= 15 is 0 Å². The first-order valence-corrected chi connectivity index (χ1v) is 12.2. The zero-order chi connectivity index (χ0) is 23.1. The summed E-state index contributed by atoms with van der Waals surface area (Å²) >= 11 is 2.94. The molecule has 33 heavy (non-hydrogen) atoms. The molecule has 1 N–H and O–H groups in total. The molecule has 2 unspecified atom stereocenters. The van der Waals surface area contributed by atoms with Crippen LogP contribution in [-0.4, -0.2) is 54.3 Å². The van der Waals surface area contributed by atoms with Gasteiger partial charge in [0.25, 0.3) is 5.56 Å². The number of hydrogen-bond acceptors (Lipinski definition) is 7. The van der Waals surface area contributed by atoms with Gasteiger partial charge in [0.2, 0.25) is 5.91 Å². The number of aryl methyl sites for hydroxylation is 1. The number of hydrogen-bond donors (Lipinski definition) is 1. The Morgan fingerprint density at radius 2 is 2.12 bits per heavy atom. The summed E-state index contributed by atoms with van der Waals surface area (Å²) in [6, 6.07) is 3.88. The number of piperidine rings is 1. The Bertz CT molecular complexity index is 1390. The third kappa shape index (κ3) is 4.09. The zero-order valence-corrected chi connectivity index (χ0v) is 19.4. The van der Waals surface area contributed by atoms with Crippen molar-refractivity contribution in [3.8, 4) is 10.4 Å². The molecule has 5 heterocycles. The summed E-state index contributed by atoms with van der Waals surface area (Å²) in [6.07, 6.45) is 5.40. The van der Waals surface area contributed by atoms with Gasteiger partial charge >= 0.3 is 5.97 Å². The maximum absolute atomic E-state index is 13.2. The summed E-state index contributed by atoms with van der Waals surface area (Å²) in [5.74, 6) is -2.03. The van der Waals surface area contributed by atoms with E-state index < -0.39 is 11.9 Å². The first-order chi connectivity index (χ1) is 15.9. The number of carbonyl (C=O) groups is 2. The van der Waals surface area contributed by atoms with Crippen LogP contribution in [0.25, 0.3) is 20.7 Å². The molecule has 0 saturated carbocycles. The molecule has 0 aliphatic carbocycles. The van der Waals surface area contributed by atoms with Gasteiger partial charge in [0.15, 0.2) is 0 Å². The SMILES string of the molecule is Cn1cc(C2CC(C(=O)O)CN(C(=O)Cn3cnc4scc(-c5cccs5)c4c3=O)C2)cn1. The summed E-state index contributed by atoms with van der Waals surface area (Å²) in [4.78, 5) is 45.7. The van der Waals surface area contributed by atoms with Gasteiger partial charge in [-0.3, -0.25) is 23.6 Å². The molecule has 11 heteroatoms. The smallest absolute Gasteiger partial charge is 0.308 e. The zero-order valence-electron chi connectivity index (χ0n) is 17.7. The van der Waals surface area contributed by atoms with Gasteiger partial charge in [-0.05, 0) is 23.4 Å². The van der Waals surface area contributed by atoms with Crippen LogP contribution in [0.2, 0.25) is 0 Å². The number of carbonyl (C=O) groups excluding carboxylic acids is 1. The van der Waals surface area contributed by atoms with Crippen molar-refractivity contribution in [1.82, 2.24) is 24.2 Å². The average molecular weight is 484 g/mol. The monoisotopic (exact) mass is 483 g/mol. The van der Waals surface area contributed by atoms with Crippen molar-refractivity contribution in [2.75, 3.05) is 13.1 Å². The van der Waals surface area contributed by atoms with Gasteiger partial charge in [0.1, 0.15) is 11.4 Å². The van der Waals surface area contributed by atoms with E-state index in [4.69, 9.17) is 0 Å². The number of rotatable bonds is 5. The maximum atomic E-state index is 13.2. The molecule has 9 nitrogen and oxygen atoms in total. The Hall–Kier alpha value is -3.31. The molecule has 1 amide bonds. The number of aromatic nitrogens is 4. The highest BCUT2D eigenvalue weighted by Gasteiger charge is 2.35. The minimum absolute atomic E-state index is 0.119. The Morgan fingerprint density at radius 3 is 2.82 bits per heavy atom. The van der Waals surface area contributed by atoms with Crippen LogP contribution in [-0.2, 0) is 23.2 Å². The molecule has 4 aromatic heterocycles. The number of likely N-dealkylation sites (tertiary alicyclic amines) is 1. The Labute approximate surface area is 196 Å². The fourth-order valence-corrected chi connectivity index (χ4v) is 6.03. The molecule has 1 fully saturated rings. The number of amides is 1. The molecule has 1 aliphatic rings. The predicted molar refractivity (Wildman–Crippen MR) is 125 cm³/mol. The van der Waals surface area contributed by atoms with Crippen LogP contribution in [0.3, 0.4) is 0 Å². The lowest BCUT2D eigenvalue weighted by Crippen LogP contribution is -2.47. The molecule has 0 spiro atoms. The standard InChI is InChI=1S/C22H21N5O4S2/c1-25-7-15(6-24-25)13-5-14(22(30)31)9-26(8-13)18(28)10-27-12-23-20-19(21(27)29)16(11-33-20)17-3-2-4-32-17/h2-4,6-7,11-14H,5,8-10H2,1H3,(H,30,31). The minimum Gasteiger partial charge on any atom is -0.481 e. The second-order valence-corrected chi connectivity index (χ2v) is 10.0. The second kappa shape index (κ2) is 8.56. The Balaban J connectivity index is 1.42. The van der Waals surface area contributed by atoms with Crippen molar-refractivity contribution in [3.63, 3.8) is 0 Å². The summed E-state index contributed by atoms with van der Waals surface area (Å²) < 4.78 is 2.98. The topological polar surface area (TPSA) is 110 Å². The summed E-state index contributed by atoms with van der Waals surface area (Å²) in [6.45, 7) is 0.319. The maximum Gasteiger partial charge on any atom is 0.308 e. The average Bonchev–Trinajstić information content (AvgIpc) is 3.55. The molecule has 1 aliphatic heterocycles. The first-order valence-electron chi connectivity index (χ1n) is 10.4. The van der Waals surface area contributed by atoms with Crippen molar-refractivity contribution in [2.45, 2.75) is 18.9 Å². The van der Waals surface area contributed by atoms with Crippen molar-refractivity contribution < 1.29 is 14.7 Å². The number of carboxylic acid groups (broad SMARTS) is 1. The Morgan fingerprint density at radius 1 is 1.27 bits per heavy atom. The van der Waals surface area contributed by atoms with Crippen molar-refractivity contribution in [2.24, 2.45) is 13.0 Å². The summed E-state index contributed by atoms with van der Waals surface area (Å²) in [7, 11) is 1.80. The van der Waals surface area contributed by atoms with Crippen LogP contribution in [0.1, 0.15) is 17.9 Å². The highest BCUT2D eigenvalue weighted by molar-refractivity contribution is 7.18. The van der Waals surface area contributed by atoms with Crippen molar-refractivity contribution in [1.29, 1.82) is 0 Å². The first kappa shape index (κ1) is 21.5. The van der Waals surface area contributed by atoms with Gasteiger partial charge < -0.3 is 10.0 Å². The van der Waals surface area contributed by atoms with Crippen LogP contribution in [0.15, 0.2) is 46.4 Å². The highest BCUT2D eigenvalue weighted by Crippen LogP contribution is 2.33. The quantitative estimate of drug-likeness (QED) is 0.467. The van der Waals surface area contributed by atoms with E-state index in [-0.39, 0.29) is 30.5 Å². The van der Waals surface area contributed by atoms with Crippen LogP contribution < -0.4 is 5.56 Å². The lowest BCUT2D eigenvalue weighted by Gasteiger charge is -2.36. The third-order valence-electron chi connectivity index (χ3n) is 6.00. The largest absolute Gasteiger partial charge is 0.481 e. The number of thiophene rings is 2. The fraction of sp³-hybridized carbons (Fsp3) is 0.318. The van der Waals surface area contributed by atoms with Crippen molar-refractivity contribution in [3.05, 3.63) is 57.5 Å². The van der Waals surface area contributed by atoms with E-state index in [1.165, 1.54) is 22.2 Å². The molecule has 1 saturated heterocycles. The van der Waals surface area contributed by atoms with Gasteiger partial charge in [0, 0.05) is 48.1 Å². The van der Waals surface area contributed by atoms with E-state index in [0.29, 0.717) is 23.2 Å². The van der Waals surface area contributed by atoms with E-state index in [0.717, 1.165) is 16.0 Å². The number of fused-ring (bicyclic) bond motifs is 1. The minimum atomic E-state index is -0.930. The van der Waals surface area contributed by atoms with Gasteiger partial charge in [-0.1, -0.05) is 6.07 Å². The fourth-order valence-electron chi connectivity index (χ4n) is 4.31. The molecule has 2 atom stereocenters. The van der Waals surface area contributed by atoms with E-state index in [9.17, 15) is 19.5 Å². The summed E-state index contributed by atoms with van der Waals surface area (Å²) in [5, 5.41) is 18.2. The molecular formula is C22H21N5O4S2. The molecule has 4 aromatic rings. The molecule has 0 radical (unpaired) electrons. The Kier molecular flexibility index (Phi) is 5.59. The second-order valence-electron chi connectivity index (χ2n) is 8.20. The van der Waals surface area contributed by atoms with Crippen LogP contribution >= 0.6 is 22.7 Å². The number of nitrogens with zero attached hydrogens (tertiary/aromatic N) is 5. The van der Waals surface area contributed by atoms with E-state index in [2.05, 4.69) is 10.1 Å². The predicted octanol–water partition coefficient (Wildman–Crippen LogP) is 2.64. The third-order valence-corrected chi connectivity index (χ3v) is 7.79. The van der Waals surface area contributed by atoms with Crippen LogP contribution in [0.5, 0.6) is 0 Å². The lowest BCUT2D eigenvalue weighted by molar-refractivity contribution is -0.146. The molecule has 5 rings (SSSR count). The normalized spacial score (nSPS) is 18.6. The number of carboxylic acids is 1. The van der Waals surface area contributed by atoms with E-state index in [1.807, 2.05) is 29.1 Å². The van der Waals surface area contributed by atoms with Gasteiger partial charge in [-0.15, -0.1) is 22.7 Å². The lowest BCUT2D eigenvalue weighted by atomic mass is 9.85. The van der Waals surface area contributed by atoms with Crippen LogP contribution in [0, 0.1) is 5.92 Å². The van der Waals surface area contributed by atoms with Gasteiger partial charge in [-0.2, -0.15) is 5.10 Å². The summed E-state index contributed by atoms with van der Waals surface area (Å²) in [5.41, 5.74) is 1.46. The molecule has 0 bridgehead atoms.